The SMILES string of the molecule is COCc1ccccc1CNCCF. The van der Waals surface area contributed by atoms with Gasteiger partial charge in [-0.25, -0.2) is 4.39 Å². The highest BCUT2D eigenvalue weighted by molar-refractivity contribution is 5.26. The molecule has 0 saturated heterocycles. The zero-order valence-electron chi connectivity index (χ0n) is 8.42. The number of halogens is 1. The number of hydrogen-bond acceptors (Lipinski definition) is 2. The molecule has 0 amide bonds. The molecule has 0 radical (unpaired) electrons. The molecule has 1 aromatic carbocycles. The molecule has 0 bridgehead atoms. The first-order chi connectivity index (χ1) is 6.88. The molecule has 3 heteroatoms. The minimum absolute atomic E-state index is 0.327. The van der Waals surface area contributed by atoms with E-state index < -0.39 is 0 Å². The number of benzene rings is 1. The summed E-state index contributed by atoms with van der Waals surface area (Å²) in [6.07, 6.45) is 0. The molecule has 0 saturated carbocycles. The maximum Gasteiger partial charge on any atom is 0.102 e. The molecular formula is C11H16FNO. The van der Waals surface area contributed by atoms with Crippen LogP contribution in [0, 0.1) is 0 Å². The van der Waals surface area contributed by atoms with Gasteiger partial charge in [-0.05, 0) is 11.1 Å². The van der Waals surface area contributed by atoms with E-state index in [9.17, 15) is 4.39 Å². The van der Waals surface area contributed by atoms with Gasteiger partial charge in [0.25, 0.3) is 0 Å². The monoisotopic (exact) mass is 197 g/mol. The fourth-order valence-corrected chi connectivity index (χ4v) is 1.32. The van der Waals surface area contributed by atoms with Gasteiger partial charge in [0.2, 0.25) is 0 Å². The molecule has 0 heterocycles. The summed E-state index contributed by atoms with van der Waals surface area (Å²) < 4.78 is 16.9. The summed E-state index contributed by atoms with van der Waals surface area (Å²) in [4.78, 5) is 0. The lowest BCUT2D eigenvalue weighted by Gasteiger charge is -2.08. The molecule has 1 aromatic rings. The van der Waals surface area contributed by atoms with Crippen molar-refractivity contribution in [3.05, 3.63) is 35.4 Å². The van der Waals surface area contributed by atoms with Gasteiger partial charge in [-0.3, -0.25) is 0 Å². The molecule has 0 aliphatic carbocycles. The van der Waals surface area contributed by atoms with E-state index in [1.165, 1.54) is 5.56 Å². The van der Waals surface area contributed by atoms with E-state index in [1.54, 1.807) is 7.11 Å². The fraction of sp³-hybridized carbons (Fsp3) is 0.455. The zero-order valence-corrected chi connectivity index (χ0v) is 8.42. The van der Waals surface area contributed by atoms with Crippen molar-refractivity contribution in [1.82, 2.24) is 5.32 Å². The van der Waals surface area contributed by atoms with Crippen molar-refractivity contribution >= 4 is 0 Å². The van der Waals surface area contributed by atoms with E-state index in [0.717, 1.165) is 5.56 Å². The first-order valence-corrected chi connectivity index (χ1v) is 4.71. The van der Waals surface area contributed by atoms with Gasteiger partial charge in [0.1, 0.15) is 6.67 Å². The molecule has 0 aliphatic rings. The van der Waals surface area contributed by atoms with E-state index in [4.69, 9.17) is 4.74 Å². The van der Waals surface area contributed by atoms with Gasteiger partial charge in [-0.15, -0.1) is 0 Å². The van der Waals surface area contributed by atoms with Gasteiger partial charge >= 0.3 is 0 Å². The molecule has 0 aromatic heterocycles. The number of alkyl halides is 1. The Hall–Kier alpha value is -0.930. The summed E-state index contributed by atoms with van der Waals surface area (Å²) in [5.41, 5.74) is 2.32. The summed E-state index contributed by atoms with van der Waals surface area (Å²) >= 11 is 0. The van der Waals surface area contributed by atoms with E-state index in [2.05, 4.69) is 5.32 Å². The Kier molecular flexibility index (Phi) is 5.19. The molecule has 0 atom stereocenters. The van der Waals surface area contributed by atoms with Crippen LogP contribution in [0.25, 0.3) is 0 Å². The highest BCUT2D eigenvalue weighted by atomic mass is 19.1. The Labute approximate surface area is 84.1 Å². The third kappa shape index (κ3) is 3.44. The summed E-state index contributed by atoms with van der Waals surface area (Å²) in [5, 5.41) is 3.02. The number of rotatable bonds is 6. The highest BCUT2D eigenvalue weighted by Gasteiger charge is 1.99. The predicted octanol–water partition coefficient (Wildman–Crippen LogP) is 1.89. The zero-order chi connectivity index (χ0) is 10.2. The van der Waals surface area contributed by atoms with Crippen LogP contribution in [0.15, 0.2) is 24.3 Å². The van der Waals surface area contributed by atoms with Gasteiger partial charge in [0.15, 0.2) is 0 Å². The first kappa shape index (κ1) is 11.1. The third-order valence-electron chi connectivity index (χ3n) is 2.00. The summed E-state index contributed by atoms with van der Waals surface area (Å²) in [5.74, 6) is 0. The van der Waals surface area contributed by atoms with Crippen molar-refractivity contribution in [2.45, 2.75) is 13.2 Å². The van der Waals surface area contributed by atoms with Crippen LogP contribution in [-0.2, 0) is 17.9 Å². The van der Waals surface area contributed by atoms with Crippen LogP contribution in [0.3, 0.4) is 0 Å². The molecule has 1 rings (SSSR count). The van der Waals surface area contributed by atoms with Gasteiger partial charge in [-0.1, -0.05) is 24.3 Å². The number of hydrogen-bond donors (Lipinski definition) is 1. The minimum atomic E-state index is -0.327. The molecule has 14 heavy (non-hydrogen) atoms. The summed E-state index contributed by atoms with van der Waals surface area (Å²) in [7, 11) is 1.67. The molecule has 0 unspecified atom stereocenters. The Morgan fingerprint density at radius 3 is 2.64 bits per heavy atom. The fourth-order valence-electron chi connectivity index (χ4n) is 1.32. The second-order valence-electron chi connectivity index (χ2n) is 3.07. The van der Waals surface area contributed by atoms with Crippen molar-refractivity contribution in [2.24, 2.45) is 0 Å². The number of methoxy groups -OCH3 is 1. The summed E-state index contributed by atoms with van der Waals surface area (Å²) in [6.45, 7) is 1.38. The molecule has 2 nitrogen and oxygen atoms in total. The van der Waals surface area contributed by atoms with Crippen LogP contribution in [0.5, 0.6) is 0 Å². The Bertz CT molecular complexity index is 265. The van der Waals surface area contributed by atoms with E-state index in [0.29, 0.717) is 19.7 Å². The van der Waals surface area contributed by atoms with Crippen molar-refractivity contribution in [2.75, 3.05) is 20.3 Å². The molecule has 0 fully saturated rings. The van der Waals surface area contributed by atoms with Crippen LogP contribution in [0.1, 0.15) is 11.1 Å². The van der Waals surface area contributed by atoms with Crippen molar-refractivity contribution in [1.29, 1.82) is 0 Å². The van der Waals surface area contributed by atoms with Gasteiger partial charge < -0.3 is 10.1 Å². The number of ether oxygens (including phenoxy) is 1. The lowest BCUT2D eigenvalue weighted by Crippen LogP contribution is -2.17. The third-order valence-corrected chi connectivity index (χ3v) is 2.00. The molecule has 0 aliphatic heterocycles. The lowest BCUT2D eigenvalue weighted by molar-refractivity contribution is 0.184. The minimum Gasteiger partial charge on any atom is -0.380 e. The van der Waals surface area contributed by atoms with Crippen molar-refractivity contribution in [3.8, 4) is 0 Å². The maximum absolute atomic E-state index is 11.9. The maximum atomic E-state index is 11.9. The Morgan fingerprint density at radius 1 is 1.29 bits per heavy atom. The topological polar surface area (TPSA) is 21.3 Å². The highest BCUT2D eigenvalue weighted by Crippen LogP contribution is 2.09. The van der Waals surface area contributed by atoms with Crippen LogP contribution in [-0.4, -0.2) is 20.3 Å². The van der Waals surface area contributed by atoms with Crippen molar-refractivity contribution in [3.63, 3.8) is 0 Å². The largest absolute Gasteiger partial charge is 0.380 e. The van der Waals surface area contributed by atoms with Crippen LogP contribution >= 0.6 is 0 Å². The van der Waals surface area contributed by atoms with E-state index in [1.807, 2.05) is 24.3 Å². The second-order valence-corrected chi connectivity index (χ2v) is 3.07. The molecule has 0 spiro atoms. The molecular weight excluding hydrogens is 181 g/mol. The number of nitrogens with one attached hydrogen (secondary N) is 1. The normalized spacial score (nSPS) is 10.4. The van der Waals surface area contributed by atoms with Crippen LogP contribution < -0.4 is 5.32 Å². The van der Waals surface area contributed by atoms with Gasteiger partial charge in [0, 0.05) is 20.2 Å². The molecule has 1 N–H and O–H groups in total. The standard InChI is InChI=1S/C11H16FNO/c1-14-9-11-5-3-2-4-10(11)8-13-7-6-12/h2-5,13H,6-9H2,1H3. The Morgan fingerprint density at radius 2 is 2.00 bits per heavy atom. The lowest BCUT2D eigenvalue weighted by atomic mass is 10.1. The Balaban J connectivity index is 2.55. The van der Waals surface area contributed by atoms with E-state index in [-0.39, 0.29) is 6.67 Å². The van der Waals surface area contributed by atoms with Crippen LogP contribution in [0.2, 0.25) is 0 Å². The van der Waals surface area contributed by atoms with E-state index >= 15 is 0 Å². The van der Waals surface area contributed by atoms with Gasteiger partial charge in [0.05, 0.1) is 6.61 Å². The predicted molar refractivity (Wildman–Crippen MR) is 54.8 cm³/mol. The first-order valence-electron chi connectivity index (χ1n) is 4.71. The average Bonchev–Trinajstić information content (AvgIpc) is 2.21. The van der Waals surface area contributed by atoms with Crippen molar-refractivity contribution < 1.29 is 9.13 Å². The quantitative estimate of drug-likeness (QED) is 0.703. The molecule has 78 valence electrons. The second kappa shape index (κ2) is 6.51. The summed E-state index contributed by atoms with van der Waals surface area (Å²) in [6, 6.07) is 8.01. The smallest absolute Gasteiger partial charge is 0.102 e. The average molecular weight is 197 g/mol. The van der Waals surface area contributed by atoms with Crippen LogP contribution in [0.4, 0.5) is 4.39 Å². The van der Waals surface area contributed by atoms with Gasteiger partial charge in [-0.2, -0.15) is 0 Å².